The second kappa shape index (κ2) is 7.82. The van der Waals surface area contributed by atoms with Crippen molar-refractivity contribution in [1.82, 2.24) is 10.9 Å². The van der Waals surface area contributed by atoms with Crippen molar-refractivity contribution in [2.75, 3.05) is 6.61 Å². The number of carbonyl (C=O) groups is 2. The fourth-order valence-electron chi connectivity index (χ4n) is 1.52. The molecule has 0 spiro atoms. The molecule has 0 heterocycles. The molecule has 2 aromatic carbocycles. The van der Waals surface area contributed by atoms with Crippen LogP contribution in [0.1, 0.15) is 10.4 Å². The molecule has 2 N–H and O–H groups in total. The third kappa shape index (κ3) is 5.05. The Bertz CT molecular complexity index is 659. The predicted molar refractivity (Wildman–Crippen MR) is 86.7 cm³/mol. The first-order valence-electron chi connectivity index (χ1n) is 6.28. The lowest BCUT2D eigenvalue weighted by Gasteiger charge is -2.09. The summed E-state index contributed by atoms with van der Waals surface area (Å²) < 4.78 is 6.11. The van der Waals surface area contributed by atoms with Crippen LogP contribution in [0.4, 0.5) is 0 Å². The summed E-state index contributed by atoms with van der Waals surface area (Å²) in [5.74, 6) is -0.369. The van der Waals surface area contributed by atoms with Crippen LogP contribution in [0.2, 0.25) is 5.02 Å². The average molecular weight is 384 g/mol. The molecule has 2 amide bonds. The minimum absolute atomic E-state index is 0.220. The van der Waals surface area contributed by atoms with Gasteiger partial charge in [-0.3, -0.25) is 20.4 Å². The van der Waals surface area contributed by atoms with E-state index in [1.54, 1.807) is 48.5 Å². The lowest BCUT2D eigenvalue weighted by molar-refractivity contribution is -0.123. The first-order chi connectivity index (χ1) is 10.5. The van der Waals surface area contributed by atoms with Gasteiger partial charge >= 0.3 is 0 Å². The lowest BCUT2D eigenvalue weighted by atomic mass is 10.2. The molecule has 0 radical (unpaired) electrons. The Kier molecular flexibility index (Phi) is 5.80. The highest BCUT2D eigenvalue weighted by molar-refractivity contribution is 9.10. The van der Waals surface area contributed by atoms with E-state index in [-0.39, 0.29) is 6.61 Å². The van der Waals surface area contributed by atoms with Crippen LogP contribution in [-0.4, -0.2) is 18.4 Å². The van der Waals surface area contributed by atoms with E-state index in [0.29, 0.717) is 16.3 Å². The number of benzene rings is 2. The zero-order valence-electron chi connectivity index (χ0n) is 11.3. The highest BCUT2D eigenvalue weighted by Gasteiger charge is 2.07. The minimum Gasteiger partial charge on any atom is -0.484 e. The van der Waals surface area contributed by atoms with Gasteiger partial charge < -0.3 is 4.74 Å². The quantitative estimate of drug-likeness (QED) is 0.798. The largest absolute Gasteiger partial charge is 0.484 e. The molecule has 2 aromatic rings. The average Bonchev–Trinajstić information content (AvgIpc) is 2.52. The van der Waals surface area contributed by atoms with Gasteiger partial charge in [0.2, 0.25) is 0 Å². The second-order valence-corrected chi connectivity index (χ2v) is 5.60. The Morgan fingerprint density at radius 3 is 2.27 bits per heavy atom. The molecule has 2 rings (SSSR count). The van der Waals surface area contributed by atoms with E-state index in [1.807, 2.05) is 0 Å². The molecule has 0 saturated heterocycles. The van der Waals surface area contributed by atoms with Gasteiger partial charge in [0.1, 0.15) is 5.75 Å². The topological polar surface area (TPSA) is 67.4 Å². The van der Waals surface area contributed by atoms with Gasteiger partial charge in [0.15, 0.2) is 6.61 Å². The van der Waals surface area contributed by atoms with Crippen LogP contribution < -0.4 is 15.6 Å². The fourth-order valence-corrected chi connectivity index (χ4v) is 1.91. The van der Waals surface area contributed by atoms with Crippen molar-refractivity contribution in [2.45, 2.75) is 0 Å². The van der Waals surface area contributed by atoms with E-state index >= 15 is 0 Å². The van der Waals surface area contributed by atoms with Gasteiger partial charge in [0, 0.05) is 15.1 Å². The monoisotopic (exact) mass is 382 g/mol. The number of ether oxygens (including phenoxy) is 1. The van der Waals surface area contributed by atoms with Crippen molar-refractivity contribution in [3.8, 4) is 5.75 Å². The maximum absolute atomic E-state index is 11.8. The summed E-state index contributed by atoms with van der Waals surface area (Å²) in [6.07, 6.45) is 0. The molecule has 0 bridgehead atoms. The van der Waals surface area contributed by atoms with Crippen molar-refractivity contribution in [1.29, 1.82) is 0 Å². The van der Waals surface area contributed by atoms with E-state index in [4.69, 9.17) is 16.3 Å². The molecule has 5 nitrogen and oxygen atoms in total. The molecule has 0 saturated carbocycles. The molecule has 0 aromatic heterocycles. The molecule has 0 aliphatic carbocycles. The summed E-state index contributed by atoms with van der Waals surface area (Å²) in [6, 6.07) is 13.4. The van der Waals surface area contributed by atoms with E-state index in [1.165, 1.54) is 0 Å². The summed E-state index contributed by atoms with van der Waals surface area (Å²) in [4.78, 5) is 23.4. The van der Waals surface area contributed by atoms with Crippen molar-refractivity contribution in [2.24, 2.45) is 0 Å². The number of nitrogens with one attached hydrogen (secondary N) is 2. The Labute approximate surface area is 140 Å². The molecule has 0 fully saturated rings. The molecule has 7 heteroatoms. The van der Waals surface area contributed by atoms with Crippen LogP contribution in [0.15, 0.2) is 53.0 Å². The molecule has 0 atom stereocenters. The normalized spacial score (nSPS) is 9.91. The number of rotatable bonds is 4. The molecule has 0 aliphatic rings. The number of hydrogen-bond acceptors (Lipinski definition) is 3. The van der Waals surface area contributed by atoms with Gasteiger partial charge in [0.05, 0.1) is 0 Å². The molecule has 114 valence electrons. The van der Waals surface area contributed by atoms with Crippen molar-refractivity contribution in [3.63, 3.8) is 0 Å². The van der Waals surface area contributed by atoms with Crippen LogP contribution in [0.25, 0.3) is 0 Å². The highest BCUT2D eigenvalue weighted by atomic mass is 79.9. The summed E-state index contributed by atoms with van der Waals surface area (Å²) in [5.41, 5.74) is 5.02. The van der Waals surface area contributed by atoms with Crippen LogP contribution >= 0.6 is 27.5 Å². The summed E-state index contributed by atoms with van der Waals surface area (Å²) in [7, 11) is 0. The zero-order chi connectivity index (χ0) is 15.9. The minimum atomic E-state index is -0.472. The van der Waals surface area contributed by atoms with Gasteiger partial charge in [-0.05, 0) is 48.5 Å². The van der Waals surface area contributed by atoms with Crippen molar-refractivity contribution < 1.29 is 14.3 Å². The van der Waals surface area contributed by atoms with Gasteiger partial charge in [-0.2, -0.15) is 0 Å². The van der Waals surface area contributed by atoms with Crippen LogP contribution in [0, 0.1) is 0 Å². The smallest absolute Gasteiger partial charge is 0.276 e. The van der Waals surface area contributed by atoms with Gasteiger partial charge in [-0.15, -0.1) is 0 Å². The maximum Gasteiger partial charge on any atom is 0.276 e. The Balaban J connectivity index is 1.76. The highest BCUT2D eigenvalue weighted by Crippen LogP contribution is 2.15. The number of halogens is 2. The predicted octanol–water partition coefficient (Wildman–Crippen LogP) is 2.94. The Morgan fingerprint density at radius 1 is 1.00 bits per heavy atom. The second-order valence-electron chi connectivity index (χ2n) is 4.25. The molecule has 0 aliphatic heterocycles. The summed E-state index contributed by atoms with van der Waals surface area (Å²) in [6.45, 7) is -0.220. The standard InChI is InChI=1S/C15H12BrClN2O3/c16-11-3-1-10(2-4-11)15(21)19-18-14(20)9-22-13-7-5-12(17)6-8-13/h1-8H,9H2,(H,18,20)(H,19,21). The Hall–Kier alpha value is -2.05. The molecule has 22 heavy (non-hydrogen) atoms. The SMILES string of the molecule is O=C(COc1ccc(Cl)cc1)NNC(=O)c1ccc(Br)cc1. The Morgan fingerprint density at radius 2 is 1.64 bits per heavy atom. The summed E-state index contributed by atoms with van der Waals surface area (Å²) >= 11 is 9.02. The number of hydrazine groups is 1. The fraction of sp³-hybridized carbons (Fsp3) is 0.0667. The van der Waals surface area contributed by atoms with Gasteiger partial charge in [-0.1, -0.05) is 27.5 Å². The maximum atomic E-state index is 11.8. The molecule has 0 unspecified atom stereocenters. The van der Waals surface area contributed by atoms with E-state index in [9.17, 15) is 9.59 Å². The first-order valence-corrected chi connectivity index (χ1v) is 7.45. The van der Waals surface area contributed by atoms with E-state index in [2.05, 4.69) is 26.8 Å². The summed E-state index contributed by atoms with van der Waals surface area (Å²) in [5, 5.41) is 0.582. The number of carbonyl (C=O) groups excluding carboxylic acids is 2. The van der Waals surface area contributed by atoms with Gasteiger partial charge in [-0.25, -0.2) is 0 Å². The lowest BCUT2D eigenvalue weighted by Crippen LogP contribution is -2.43. The first kappa shape index (κ1) is 16.3. The van der Waals surface area contributed by atoms with E-state index in [0.717, 1.165) is 4.47 Å². The van der Waals surface area contributed by atoms with Crippen LogP contribution in [0.3, 0.4) is 0 Å². The number of amides is 2. The zero-order valence-corrected chi connectivity index (χ0v) is 13.6. The molecular weight excluding hydrogens is 372 g/mol. The van der Waals surface area contributed by atoms with Gasteiger partial charge in [0.25, 0.3) is 11.8 Å². The third-order valence-corrected chi connectivity index (χ3v) is 3.39. The van der Waals surface area contributed by atoms with Crippen LogP contribution in [0.5, 0.6) is 5.75 Å². The number of hydrogen-bond donors (Lipinski definition) is 2. The van der Waals surface area contributed by atoms with Crippen molar-refractivity contribution in [3.05, 3.63) is 63.6 Å². The molecular formula is C15H12BrClN2O3. The van der Waals surface area contributed by atoms with Crippen LogP contribution in [-0.2, 0) is 4.79 Å². The third-order valence-electron chi connectivity index (χ3n) is 2.61. The van der Waals surface area contributed by atoms with E-state index < -0.39 is 11.8 Å². The van der Waals surface area contributed by atoms with Crippen molar-refractivity contribution >= 4 is 39.3 Å².